The Morgan fingerprint density at radius 1 is 1.03 bits per heavy atom. The van der Waals surface area contributed by atoms with Crippen LogP contribution in [-0.2, 0) is 28.6 Å². The summed E-state index contributed by atoms with van der Waals surface area (Å²) in [6.45, 7) is 5.26. The highest BCUT2D eigenvalue weighted by Gasteiger charge is 2.37. The minimum atomic E-state index is -1.24. The number of rotatable bonds is 7. The van der Waals surface area contributed by atoms with Crippen LogP contribution in [0.5, 0.6) is 0 Å². The topological polar surface area (TPSA) is 120 Å². The second-order valence-corrected chi connectivity index (χ2v) is 9.49. The molecule has 1 fully saturated rings. The van der Waals surface area contributed by atoms with Crippen molar-refractivity contribution in [2.75, 3.05) is 13.2 Å². The molecule has 2 atom stereocenters. The molecular formula is C26H28N2O7. The molecule has 0 aromatic heterocycles. The lowest BCUT2D eigenvalue weighted by Crippen LogP contribution is -2.48. The average molecular weight is 481 g/mol. The first-order valence-corrected chi connectivity index (χ1v) is 11.4. The van der Waals surface area contributed by atoms with Crippen LogP contribution in [0.1, 0.15) is 44.2 Å². The van der Waals surface area contributed by atoms with Crippen molar-refractivity contribution in [2.24, 2.45) is 0 Å². The van der Waals surface area contributed by atoms with Gasteiger partial charge in [-0.25, -0.2) is 9.59 Å². The Morgan fingerprint density at radius 2 is 1.63 bits per heavy atom. The van der Waals surface area contributed by atoms with Crippen molar-refractivity contribution in [3.63, 3.8) is 0 Å². The van der Waals surface area contributed by atoms with Crippen molar-refractivity contribution in [2.45, 2.75) is 50.9 Å². The zero-order chi connectivity index (χ0) is 25.2. The fourth-order valence-electron chi connectivity index (χ4n) is 4.13. The molecule has 9 heteroatoms. The SMILES string of the molecule is CC(C)(C)OC[C@H](NC(=O)OCC1c2ccccc2-c2ccccc21)C(=O)O[C@@H]1CC(=O)NC1=O. The predicted molar refractivity (Wildman–Crippen MR) is 125 cm³/mol. The second kappa shape index (κ2) is 9.87. The molecule has 2 aromatic carbocycles. The Morgan fingerprint density at radius 3 is 2.17 bits per heavy atom. The smallest absolute Gasteiger partial charge is 0.407 e. The molecule has 1 heterocycles. The van der Waals surface area contributed by atoms with Crippen molar-refractivity contribution in [1.29, 1.82) is 0 Å². The van der Waals surface area contributed by atoms with Gasteiger partial charge in [0.15, 0.2) is 12.1 Å². The van der Waals surface area contributed by atoms with E-state index in [0.717, 1.165) is 22.3 Å². The van der Waals surface area contributed by atoms with E-state index in [1.807, 2.05) is 48.5 Å². The molecule has 2 aromatic rings. The lowest BCUT2D eigenvalue weighted by atomic mass is 9.98. The van der Waals surface area contributed by atoms with E-state index in [1.54, 1.807) is 20.8 Å². The van der Waals surface area contributed by atoms with Crippen molar-refractivity contribution in [1.82, 2.24) is 10.6 Å². The number of carbonyl (C=O) groups is 4. The van der Waals surface area contributed by atoms with E-state index in [4.69, 9.17) is 14.2 Å². The number of carbonyl (C=O) groups excluding carboxylic acids is 4. The summed E-state index contributed by atoms with van der Waals surface area (Å²) in [5.74, 6) is -2.25. The Bertz CT molecular complexity index is 1110. The molecule has 3 amide bonds. The van der Waals surface area contributed by atoms with Gasteiger partial charge >= 0.3 is 12.1 Å². The number of benzene rings is 2. The summed E-state index contributed by atoms with van der Waals surface area (Å²) in [5.41, 5.74) is 3.72. The maximum atomic E-state index is 12.7. The van der Waals surface area contributed by atoms with Crippen LogP contribution < -0.4 is 10.6 Å². The first-order chi connectivity index (χ1) is 16.6. The minimum Gasteiger partial charge on any atom is -0.450 e. The number of hydrogen-bond donors (Lipinski definition) is 2. The van der Waals surface area contributed by atoms with Crippen LogP contribution in [0, 0.1) is 0 Å². The summed E-state index contributed by atoms with van der Waals surface area (Å²) in [6, 6.07) is 14.7. The molecule has 2 N–H and O–H groups in total. The molecule has 0 bridgehead atoms. The lowest BCUT2D eigenvalue weighted by Gasteiger charge is -2.25. The highest BCUT2D eigenvalue weighted by atomic mass is 16.6. The monoisotopic (exact) mass is 480 g/mol. The number of amides is 3. The highest BCUT2D eigenvalue weighted by Crippen LogP contribution is 2.44. The molecule has 0 unspecified atom stereocenters. The Kier molecular flexibility index (Phi) is 6.88. The Hall–Kier alpha value is -3.72. The summed E-state index contributed by atoms with van der Waals surface area (Å²) in [5, 5.41) is 4.56. The van der Waals surface area contributed by atoms with Crippen LogP contribution in [0.25, 0.3) is 11.1 Å². The van der Waals surface area contributed by atoms with E-state index in [0.29, 0.717) is 0 Å². The molecule has 2 aliphatic rings. The van der Waals surface area contributed by atoms with E-state index < -0.39 is 41.6 Å². The molecule has 1 aliphatic carbocycles. The number of alkyl carbamates (subject to hydrolysis) is 1. The number of fused-ring (bicyclic) bond motifs is 3. The van der Waals surface area contributed by atoms with E-state index in [-0.39, 0.29) is 25.6 Å². The quantitative estimate of drug-likeness (QED) is 0.462. The summed E-state index contributed by atoms with van der Waals surface area (Å²) in [7, 11) is 0. The van der Waals surface area contributed by atoms with Crippen LogP contribution in [0.4, 0.5) is 4.79 Å². The summed E-state index contributed by atoms with van der Waals surface area (Å²) in [6.07, 6.45) is -2.32. The molecule has 35 heavy (non-hydrogen) atoms. The third kappa shape index (κ3) is 5.68. The van der Waals surface area contributed by atoms with Crippen molar-refractivity contribution < 1.29 is 33.4 Å². The maximum Gasteiger partial charge on any atom is 0.407 e. The van der Waals surface area contributed by atoms with Gasteiger partial charge in [-0.05, 0) is 43.0 Å². The zero-order valence-electron chi connectivity index (χ0n) is 19.8. The van der Waals surface area contributed by atoms with Crippen molar-refractivity contribution in [3.05, 3.63) is 59.7 Å². The van der Waals surface area contributed by atoms with E-state index in [2.05, 4.69) is 10.6 Å². The summed E-state index contributed by atoms with van der Waals surface area (Å²) in [4.78, 5) is 48.6. The number of hydrogen-bond acceptors (Lipinski definition) is 7. The van der Waals surface area contributed by atoms with Crippen LogP contribution >= 0.6 is 0 Å². The Labute approximate surface area is 203 Å². The van der Waals surface area contributed by atoms with Crippen LogP contribution in [0.15, 0.2) is 48.5 Å². The fourth-order valence-corrected chi connectivity index (χ4v) is 4.13. The van der Waals surface area contributed by atoms with Gasteiger partial charge in [0.25, 0.3) is 5.91 Å². The zero-order valence-corrected chi connectivity index (χ0v) is 19.8. The van der Waals surface area contributed by atoms with Gasteiger partial charge in [-0.2, -0.15) is 0 Å². The maximum absolute atomic E-state index is 12.7. The molecule has 0 radical (unpaired) electrons. The Balaban J connectivity index is 1.42. The van der Waals surface area contributed by atoms with Crippen molar-refractivity contribution in [3.8, 4) is 11.1 Å². The molecular weight excluding hydrogens is 452 g/mol. The number of nitrogens with one attached hydrogen (secondary N) is 2. The largest absolute Gasteiger partial charge is 0.450 e. The molecule has 0 saturated carbocycles. The molecule has 184 valence electrons. The average Bonchev–Trinajstić information content (AvgIpc) is 3.30. The standard InChI is InChI=1S/C26H28N2O7/c1-26(2,3)34-14-20(24(31)35-21-12-22(29)28-23(21)30)27-25(32)33-13-19-17-10-6-4-8-15(17)16-9-5-7-11-18(16)19/h4-11,19-21H,12-14H2,1-3H3,(H,27,32)(H,28,29,30)/t20-,21+/m0/s1. The van der Waals surface area contributed by atoms with E-state index >= 15 is 0 Å². The summed E-state index contributed by atoms with van der Waals surface area (Å²) < 4.78 is 16.3. The fraction of sp³-hybridized carbons (Fsp3) is 0.385. The lowest BCUT2D eigenvalue weighted by molar-refractivity contribution is -0.158. The molecule has 0 spiro atoms. The number of ether oxygens (including phenoxy) is 3. The van der Waals surface area contributed by atoms with Gasteiger partial charge in [0.05, 0.1) is 18.6 Å². The third-order valence-corrected chi connectivity index (χ3v) is 5.79. The van der Waals surface area contributed by atoms with Crippen LogP contribution in [-0.4, -0.2) is 54.8 Å². The van der Waals surface area contributed by atoms with Crippen LogP contribution in [0.3, 0.4) is 0 Å². The van der Waals surface area contributed by atoms with Gasteiger partial charge < -0.3 is 19.5 Å². The van der Waals surface area contributed by atoms with Gasteiger partial charge in [0.2, 0.25) is 5.91 Å². The third-order valence-electron chi connectivity index (χ3n) is 5.79. The molecule has 1 aliphatic heterocycles. The van der Waals surface area contributed by atoms with Crippen LogP contribution in [0.2, 0.25) is 0 Å². The number of esters is 1. The van der Waals surface area contributed by atoms with Gasteiger partial charge in [0, 0.05) is 5.92 Å². The highest BCUT2D eigenvalue weighted by molar-refractivity contribution is 6.05. The summed E-state index contributed by atoms with van der Waals surface area (Å²) >= 11 is 0. The second-order valence-electron chi connectivity index (χ2n) is 9.49. The van der Waals surface area contributed by atoms with Gasteiger partial charge in [-0.3, -0.25) is 14.9 Å². The van der Waals surface area contributed by atoms with Gasteiger partial charge in [0.1, 0.15) is 6.61 Å². The van der Waals surface area contributed by atoms with E-state index in [1.165, 1.54) is 0 Å². The first-order valence-electron chi connectivity index (χ1n) is 11.4. The number of imide groups is 1. The first kappa shape index (κ1) is 24.4. The van der Waals surface area contributed by atoms with Gasteiger partial charge in [-0.15, -0.1) is 0 Å². The van der Waals surface area contributed by atoms with Gasteiger partial charge in [-0.1, -0.05) is 48.5 Å². The molecule has 9 nitrogen and oxygen atoms in total. The normalized spacial score (nSPS) is 17.9. The van der Waals surface area contributed by atoms with E-state index in [9.17, 15) is 19.2 Å². The molecule has 4 rings (SSSR count). The molecule has 1 saturated heterocycles. The van der Waals surface area contributed by atoms with Crippen molar-refractivity contribution >= 4 is 23.9 Å². The predicted octanol–water partition coefficient (Wildman–Crippen LogP) is 2.67. The minimum absolute atomic E-state index is 0.0707.